The number of carbonyl (C=O) groups is 1. The molecule has 1 aromatic carbocycles. The van der Waals surface area contributed by atoms with Crippen LogP contribution >= 0.6 is 11.6 Å². The molecule has 0 bridgehead atoms. The van der Waals surface area contributed by atoms with Gasteiger partial charge in [-0.2, -0.15) is 0 Å². The molecule has 0 radical (unpaired) electrons. The molecule has 2 N–H and O–H groups in total. The Bertz CT molecular complexity index is 466. The van der Waals surface area contributed by atoms with Crippen molar-refractivity contribution >= 4 is 17.5 Å². The van der Waals surface area contributed by atoms with Crippen LogP contribution in [0.25, 0.3) is 0 Å². The van der Waals surface area contributed by atoms with E-state index < -0.39 is 6.10 Å². The molecule has 0 fully saturated rings. The van der Waals surface area contributed by atoms with E-state index in [1.807, 2.05) is 19.2 Å². The Morgan fingerprint density at radius 1 is 1.38 bits per heavy atom. The van der Waals surface area contributed by atoms with Gasteiger partial charge >= 0.3 is 0 Å². The average molecular weight is 313 g/mol. The maximum Gasteiger partial charge on any atom is 0.260 e. The van der Waals surface area contributed by atoms with Gasteiger partial charge in [-0.3, -0.25) is 4.79 Å². The molecular weight excluding hydrogens is 288 g/mol. The second kappa shape index (κ2) is 8.90. The zero-order valence-electron chi connectivity index (χ0n) is 13.2. The van der Waals surface area contributed by atoms with Gasteiger partial charge in [0.1, 0.15) is 5.75 Å². The van der Waals surface area contributed by atoms with Crippen molar-refractivity contribution in [3.05, 3.63) is 28.8 Å². The van der Waals surface area contributed by atoms with Crippen LogP contribution < -0.4 is 15.4 Å². The minimum absolute atomic E-state index is 0.118. The molecule has 118 valence electrons. The Labute approximate surface area is 132 Å². The van der Waals surface area contributed by atoms with E-state index in [0.29, 0.717) is 17.3 Å². The van der Waals surface area contributed by atoms with Crippen molar-refractivity contribution in [1.29, 1.82) is 0 Å². The first-order valence-electron chi connectivity index (χ1n) is 7.40. The Hall–Kier alpha value is -1.26. The van der Waals surface area contributed by atoms with Crippen LogP contribution in [0.4, 0.5) is 0 Å². The summed E-state index contributed by atoms with van der Waals surface area (Å²) in [6.07, 6.45) is 1.45. The topological polar surface area (TPSA) is 50.4 Å². The minimum atomic E-state index is -0.563. The van der Waals surface area contributed by atoms with Crippen LogP contribution in [0.15, 0.2) is 18.2 Å². The molecule has 0 saturated carbocycles. The largest absolute Gasteiger partial charge is 0.479 e. The number of amides is 1. The quantitative estimate of drug-likeness (QED) is 0.724. The fraction of sp³-hybridized carbons (Fsp3) is 0.562. The van der Waals surface area contributed by atoms with Crippen LogP contribution in [0.5, 0.6) is 5.75 Å². The highest BCUT2D eigenvalue weighted by atomic mass is 35.5. The van der Waals surface area contributed by atoms with Crippen LogP contribution in [0, 0.1) is 0 Å². The molecule has 5 heteroatoms. The van der Waals surface area contributed by atoms with Crippen molar-refractivity contribution in [1.82, 2.24) is 10.6 Å². The first-order chi connectivity index (χ1) is 9.99. The number of halogens is 1. The number of carbonyl (C=O) groups excluding carboxylic acids is 1. The van der Waals surface area contributed by atoms with Crippen molar-refractivity contribution < 1.29 is 9.53 Å². The third-order valence-electron chi connectivity index (χ3n) is 3.39. The summed E-state index contributed by atoms with van der Waals surface area (Å²) in [4.78, 5) is 11.9. The Morgan fingerprint density at radius 3 is 2.67 bits per heavy atom. The molecule has 0 saturated heterocycles. The number of hydrogen-bond acceptors (Lipinski definition) is 3. The van der Waals surface area contributed by atoms with Crippen LogP contribution in [0.2, 0.25) is 5.02 Å². The summed E-state index contributed by atoms with van der Waals surface area (Å²) in [6.45, 7) is 6.53. The summed E-state index contributed by atoms with van der Waals surface area (Å²) in [5.74, 6) is 0.411. The van der Waals surface area contributed by atoms with E-state index in [-0.39, 0.29) is 11.9 Å². The molecule has 2 unspecified atom stereocenters. The van der Waals surface area contributed by atoms with Crippen molar-refractivity contribution in [3.63, 3.8) is 0 Å². The van der Waals surface area contributed by atoms with Gasteiger partial charge in [-0.15, -0.1) is 0 Å². The monoisotopic (exact) mass is 312 g/mol. The summed E-state index contributed by atoms with van der Waals surface area (Å²) in [7, 11) is 1.89. The summed E-state index contributed by atoms with van der Waals surface area (Å²) in [5, 5.41) is 6.51. The molecule has 0 heterocycles. The van der Waals surface area contributed by atoms with E-state index in [0.717, 1.165) is 18.4 Å². The highest BCUT2D eigenvalue weighted by molar-refractivity contribution is 6.32. The molecule has 0 aliphatic rings. The fourth-order valence-electron chi connectivity index (χ4n) is 1.82. The smallest absolute Gasteiger partial charge is 0.260 e. The van der Waals surface area contributed by atoms with Crippen molar-refractivity contribution in [3.8, 4) is 5.75 Å². The van der Waals surface area contributed by atoms with Crippen LogP contribution in [-0.2, 0) is 4.79 Å². The molecule has 4 nitrogen and oxygen atoms in total. The van der Waals surface area contributed by atoms with Crippen LogP contribution in [-0.4, -0.2) is 25.6 Å². The first kappa shape index (κ1) is 17.8. The number of benzene rings is 1. The van der Waals surface area contributed by atoms with Crippen molar-refractivity contribution in [2.45, 2.75) is 45.8 Å². The number of unbranched alkanes of at least 4 members (excludes halogenated alkanes) is 1. The Morgan fingerprint density at radius 2 is 2.10 bits per heavy atom. The molecular formula is C16H25ClN2O2. The van der Waals surface area contributed by atoms with E-state index >= 15 is 0 Å². The standard InChI is InChI=1S/C16H25ClN2O2/c1-5-6-9-19-16(20)12(3)21-15-8-7-13(10-14(15)17)11(2)18-4/h7-8,10-12,18H,5-6,9H2,1-4H3,(H,19,20). The lowest BCUT2D eigenvalue weighted by Gasteiger charge is -2.17. The second-order valence-electron chi connectivity index (χ2n) is 5.10. The highest BCUT2D eigenvalue weighted by Gasteiger charge is 2.16. The molecule has 1 aromatic rings. The summed E-state index contributed by atoms with van der Waals surface area (Å²) >= 11 is 6.22. The molecule has 2 atom stereocenters. The van der Waals surface area contributed by atoms with Gasteiger partial charge in [0, 0.05) is 12.6 Å². The van der Waals surface area contributed by atoms with Gasteiger partial charge in [0.25, 0.3) is 5.91 Å². The van der Waals surface area contributed by atoms with Crippen molar-refractivity contribution in [2.75, 3.05) is 13.6 Å². The maximum atomic E-state index is 11.9. The molecule has 0 aliphatic carbocycles. The number of rotatable bonds is 8. The van der Waals surface area contributed by atoms with Crippen LogP contribution in [0.3, 0.4) is 0 Å². The van der Waals surface area contributed by atoms with Gasteiger partial charge in [0.05, 0.1) is 5.02 Å². The zero-order chi connectivity index (χ0) is 15.8. The second-order valence-corrected chi connectivity index (χ2v) is 5.51. The molecule has 0 aromatic heterocycles. The zero-order valence-corrected chi connectivity index (χ0v) is 14.0. The number of nitrogens with one attached hydrogen (secondary N) is 2. The lowest BCUT2D eigenvalue weighted by molar-refractivity contribution is -0.127. The normalized spacial score (nSPS) is 13.6. The van der Waals surface area contributed by atoms with Crippen molar-refractivity contribution in [2.24, 2.45) is 0 Å². The average Bonchev–Trinajstić information content (AvgIpc) is 2.48. The van der Waals surface area contributed by atoms with E-state index in [1.54, 1.807) is 13.0 Å². The summed E-state index contributed by atoms with van der Waals surface area (Å²) in [6, 6.07) is 5.83. The molecule has 1 rings (SSSR count). The predicted molar refractivity (Wildman–Crippen MR) is 86.9 cm³/mol. The lowest BCUT2D eigenvalue weighted by Crippen LogP contribution is -2.36. The minimum Gasteiger partial charge on any atom is -0.479 e. The third kappa shape index (κ3) is 5.56. The van der Waals surface area contributed by atoms with E-state index in [9.17, 15) is 4.79 Å². The van der Waals surface area contributed by atoms with Crippen LogP contribution in [0.1, 0.15) is 45.2 Å². The van der Waals surface area contributed by atoms with Gasteiger partial charge in [0.15, 0.2) is 6.10 Å². The maximum absolute atomic E-state index is 11.9. The van der Waals surface area contributed by atoms with E-state index in [4.69, 9.17) is 16.3 Å². The summed E-state index contributed by atoms with van der Waals surface area (Å²) in [5.41, 5.74) is 1.08. The Kier molecular flexibility index (Phi) is 7.54. The van der Waals surface area contributed by atoms with Gasteiger partial charge in [0.2, 0.25) is 0 Å². The Balaban J connectivity index is 2.63. The number of hydrogen-bond donors (Lipinski definition) is 2. The van der Waals surface area contributed by atoms with Gasteiger partial charge in [-0.25, -0.2) is 0 Å². The van der Waals surface area contributed by atoms with Gasteiger partial charge in [-0.1, -0.05) is 31.0 Å². The molecule has 0 aliphatic heterocycles. The predicted octanol–water partition coefficient (Wildman–Crippen LogP) is 3.30. The molecule has 21 heavy (non-hydrogen) atoms. The summed E-state index contributed by atoms with van der Waals surface area (Å²) < 4.78 is 5.64. The van der Waals surface area contributed by atoms with Gasteiger partial charge < -0.3 is 15.4 Å². The van der Waals surface area contributed by atoms with E-state index in [2.05, 4.69) is 24.5 Å². The third-order valence-corrected chi connectivity index (χ3v) is 3.69. The van der Waals surface area contributed by atoms with E-state index in [1.165, 1.54) is 0 Å². The van der Waals surface area contributed by atoms with Gasteiger partial charge in [-0.05, 0) is 45.0 Å². The lowest BCUT2D eigenvalue weighted by atomic mass is 10.1. The molecule has 1 amide bonds. The number of ether oxygens (including phenoxy) is 1. The fourth-order valence-corrected chi connectivity index (χ4v) is 2.06. The highest BCUT2D eigenvalue weighted by Crippen LogP contribution is 2.28. The molecule has 0 spiro atoms. The SMILES string of the molecule is CCCCNC(=O)C(C)Oc1ccc(C(C)NC)cc1Cl. The first-order valence-corrected chi connectivity index (χ1v) is 7.78.